The van der Waals surface area contributed by atoms with Crippen LogP contribution in [0.3, 0.4) is 0 Å². The summed E-state index contributed by atoms with van der Waals surface area (Å²) in [5.74, 6) is 0. The van der Waals surface area contributed by atoms with Crippen molar-refractivity contribution in [1.29, 1.82) is 0 Å². The summed E-state index contributed by atoms with van der Waals surface area (Å²) >= 11 is 5.25. The smallest absolute Gasteiger partial charge is 0.252 e. The first-order valence-corrected chi connectivity index (χ1v) is 4.01. The minimum Gasteiger partial charge on any atom is -0.318 e. The summed E-state index contributed by atoms with van der Waals surface area (Å²) in [5.41, 5.74) is 1.14. The largest absolute Gasteiger partial charge is 0.318 e. The Bertz CT molecular complexity index is 321. The predicted octanol–water partition coefficient (Wildman–Crippen LogP) is 1.66. The summed E-state index contributed by atoms with van der Waals surface area (Å²) in [7, 11) is 1.63. The third kappa shape index (κ3) is 2.29. The van der Waals surface area contributed by atoms with Crippen LogP contribution in [-0.4, -0.2) is 18.7 Å². The Hall–Kier alpha value is -1.35. The van der Waals surface area contributed by atoms with Crippen LogP contribution in [0.1, 0.15) is 10.4 Å². The molecule has 0 radical (unpaired) electrons. The molecular formula is C9H8ClNO2. The standard InChI is InChI=1S/C9H8ClNO2/c1-11(6-12)8-4-2-7(3-5-8)9(10)13/h2-6H,1H3. The molecule has 0 bridgehead atoms. The van der Waals surface area contributed by atoms with Crippen LogP contribution in [0.15, 0.2) is 24.3 Å². The zero-order valence-corrected chi connectivity index (χ0v) is 7.78. The lowest BCUT2D eigenvalue weighted by molar-refractivity contribution is -0.107. The number of carbonyl (C=O) groups excluding carboxylic acids is 2. The molecule has 0 atom stereocenters. The Morgan fingerprint density at radius 3 is 2.31 bits per heavy atom. The number of halogens is 1. The number of hydrogen-bond donors (Lipinski definition) is 0. The molecule has 0 aliphatic heterocycles. The van der Waals surface area contributed by atoms with Crippen molar-refractivity contribution in [3.05, 3.63) is 29.8 Å². The molecular weight excluding hydrogens is 190 g/mol. The molecule has 1 aromatic rings. The van der Waals surface area contributed by atoms with Gasteiger partial charge in [-0.25, -0.2) is 0 Å². The van der Waals surface area contributed by atoms with Crippen LogP contribution in [0.4, 0.5) is 5.69 Å². The highest BCUT2D eigenvalue weighted by molar-refractivity contribution is 6.67. The third-order valence-electron chi connectivity index (χ3n) is 1.66. The quantitative estimate of drug-likeness (QED) is 0.546. The molecule has 4 heteroatoms. The highest BCUT2D eigenvalue weighted by atomic mass is 35.5. The van der Waals surface area contributed by atoms with Crippen molar-refractivity contribution >= 4 is 28.9 Å². The lowest BCUT2D eigenvalue weighted by Gasteiger charge is -2.09. The fraction of sp³-hybridized carbons (Fsp3) is 0.111. The Labute approximate surface area is 80.9 Å². The summed E-state index contributed by atoms with van der Waals surface area (Å²) in [6.07, 6.45) is 0.692. The highest BCUT2D eigenvalue weighted by Crippen LogP contribution is 2.13. The van der Waals surface area contributed by atoms with E-state index in [-0.39, 0.29) is 0 Å². The van der Waals surface area contributed by atoms with Crippen LogP contribution in [0.2, 0.25) is 0 Å². The van der Waals surface area contributed by atoms with Crippen LogP contribution >= 0.6 is 11.6 Å². The van der Waals surface area contributed by atoms with Gasteiger partial charge in [-0.05, 0) is 35.9 Å². The van der Waals surface area contributed by atoms with Gasteiger partial charge in [0, 0.05) is 18.3 Å². The lowest BCUT2D eigenvalue weighted by Crippen LogP contribution is -2.13. The summed E-state index contributed by atoms with van der Waals surface area (Å²) in [6.45, 7) is 0. The van der Waals surface area contributed by atoms with Crippen molar-refractivity contribution in [1.82, 2.24) is 0 Å². The number of carbonyl (C=O) groups is 2. The van der Waals surface area contributed by atoms with Gasteiger partial charge in [0.25, 0.3) is 5.24 Å². The van der Waals surface area contributed by atoms with Crippen LogP contribution < -0.4 is 4.90 Å². The van der Waals surface area contributed by atoms with Crippen LogP contribution in [0.5, 0.6) is 0 Å². The third-order valence-corrected chi connectivity index (χ3v) is 1.88. The molecule has 1 amide bonds. The van der Waals surface area contributed by atoms with Crippen LogP contribution in [0, 0.1) is 0 Å². The first kappa shape index (κ1) is 9.74. The molecule has 0 aliphatic rings. The van der Waals surface area contributed by atoms with Crippen molar-refractivity contribution in [3.8, 4) is 0 Å². The minimum atomic E-state index is -0.500. The van der Waals surface area contributed by atoms with Crippen LogP contribution in [-0.2, 0) is 4.79 Å². The molecule has 0 aromatic heterocycles. The Balaban J connectivity index is 2.93. The number of amides is 1. The van der Waals surface area contributed by atoms with Gasteiger partial charge in [-0.3, -0.25) is 9.59 Å². The predicted molar refractivity (Wildman–Crippen MR) is 51.1 cm³/mol. The summed E-state index contributed by atoms with van der Waals surface area (Å²) in [5, 5.41) is -0.500. The van der Waals surface area contributed by atoms with Crippen molar-refractivity contribution in [2.24, 2.45) is 0 Å². The van der Waals surface area contributed by atoms with E-state index in [0.717, 1.165) is 5.69 Å². The molecule has 13 heavy (non-hydrogen) atoms. The van der Waals surface area contributed by atoms with E-state index in [1.54, 1.807) is 31.3 Å². The second-order valence-corrected chi connectivity index (χ2v) is 2.88. The highest BCUT2D eigenvalue weighted by Gasteiger charge is 2.02. The monoisotopic (exact) mass is 197 g/mol. The van der Waals surface area contributed by atoms with E-state index in [4.69, 9.17) is 11.6 Å². The zero-order chi connectivity index (χ0) is 9.84. The Morgan fingerprint density at radius 1 is 1.38 bits per heavy atom. The van der Waals surface area contributed by atoms with E-state index >= 15 is 0 Å². The molecule has 0 N–H and O–H groups in total. The molecule has 1 aromatic carbocycles. The fourth-order valence-electron chi connectivity index (χ4n) is 0.888. The minimum absolute atomic E-state index is 0.421. The molecule has 0 saturated heterocycles. The van der Waals surface area contributed by atoms with Crippen molar-refractivity contribution in [2.45, 2.75) is 0 Å². The average molecular weight is 198 g/mol. The van der Waals surface area contributed by atoms with Gasteiger partial charge in [0.05, 0.1) is 0 Å². The van der Waals surface area contributed by atoms with Gasteiger partial charge < -0.3 is 4.90 Å². The Morgan fingerprint density at radius 2 is 1.92 bits per heavy atom. The summed E-state index contributed by atoms with van der Waals surface area (Å²) < 4.78 is 0. The fourth-order valence-corrected chi connectivity index (χ4v) is 1.01. The second kappa shape index (κ2) is 4.05. The van der Waals surface area contributed by atoms with Crippen molar-refractivity contribution < 1.29 is 9.59 Å². The number of rotatable bonds is 3. The molecule has 0 unspecified atom stereocenters. The van der Waals surface area contributed by atoms with Crippen molar-refractivity contribution in [2.75, 3.05) is 11.9 Å². The molecule has 0 fully saturated rings. The first-order chi connectivity index (χ1) is 6.15. The van der Waals surface area contributed by atoms with Gasteiger partial charge in [-0.2, -0.15) is 0 Å². The molecule has 0 heterocycles. The number of hydrogen-bond acceptors (Lipinski definition) is 2. The van der Waals surface area contributed by atoms with E-state index in [9.17, 15) is 9.59 Å². The maximum absolute atomic E-state index is 10.7. The topological polar surface area (TPSA) is 37.4 Å². The van der Waals surface area contributed by atoms with E-state index in [1.807, 2.05) is 0 Å². The normalized spacial score (nSPS) is 9.38. The molecule has 3 nitrogen and oxygen atoms in total. The van der Waals surface area contributed by atoms with Gasteiger partial charge in [0.2, 0.25) is 6.41 Å². The van der Waals surface area contributed by atoms with Gasteiger partial charge in [0.1, 0.15) is 0 Å². The van der Waals surface area contributed by atoms with E-state index in [2.05, 4.69) is 0 Å². The van der Waals surface area contributed by atoms with Crippen molar-refractivity contribution in [3.63, 3.8) is 0 Å². The number of nitrogens with zero attached hydrogens (tertiary/aromatic N) is 1. The van der Waals surface area contributed by atoms with E-state index in [0.29, 0.717) is 12.0 Å². The molecule has 0 saturated carbocycles. The summed E-state index contributed by atoms with van der Waals surface area (Å²) in [6, 6.07) is 6.46. The first-order valence-electron chi connectivity index (χ1n) is 3.63. The van der Waals surface area contributed by atoms with Gasteiger partial charge in [-0.1, -0.05) is 0 Å². The average Bonchev–Trinajstić information content (AvgIpc) is 2.17. The van der Waals surface area contributed by atoms with E-state index in [1.165, 1.54) is 4.90 Å². The molecule has 0 aliphatic carbocycles. The summed E-state index contributed by atoms with van der Waals surface area (Å²) in [4.78, 5) is 22.4. The van der Waals surface area contributed by atoms with Gasteiger partial charge in [-0.15, -0.1) is 0 Å². The SMILES string of the molecule is CN(C=O)c1ccc(C(=O)Cl)cc1. The van der Waals surface area contributed by atoms with Gasteiger partial charge in [0.15, 0.2) is 0 Å². The number of benzene rings is 1. The van der Waals surface area contributed by atoms with Crippen LogP contribution in [0.25, 0.3) is 0 Å². The van der Waals surface area contributed by atoms with E-state index < -0.39 is 5.24 Å². The second-order valence-electron chi connectivity index (χ2n) is 2.54. The Kier molecular flexibility index (Phi) is 3.03. The number of anilines is 1. The lowest BCUT2D eigenvalue weighted by atomic mass is 10.2. The molecule has 0 spiro atoms. The zero-order valence-electron chi connectivity index (χ0n) is 7.03. The van der Waals surface area contributed by atoms with Gasteiger partial charge >= 0.3 is 0 Å². The molecule has 68 valence electrons. The maximum atomic E-state index is 10.7. The maximum Gasteiger partial charge on any atom is 0.252 e. The molecule has 1 rings (SSSR count).